The Balaban J connectivity index is 2.08. The molecule has 5 heteroatoms. The molecule has 4 nitrogen and oxygen atoms in total. The van der Waals surface area contributed by atoms with E-state index >= 15 is 0 Å². The van der Waals surface area contributed by atoms with Crippen LogP contribution in [0.3, 0.4) is 0 Å². The van der Waals surface area contributed by atoms with Crippen molar-refractivity contribution in [2.45, 2.75) is 37.9 Å². The lowest BCUT2D eigenvalue weighted by atomic mass is 10.3. The van der Waals surface area contributed by atoms with E-state index in [0.29, 0.717) is 0 Å². The van der Waals surface area contributed by atoms with E-state index in [1.165, 1.54) is 30.3 Å². The molecule has 16 heavy (non-hydrogen) atoms. The molecule has 0 spiro atoms. The molecule has 0 bridgehead atoms. The fourth-order valence-corrected chi connectivity index (χ4v) is 2.40. The molecule has 1 heterocycles. The molecule has 1 aromatic heterocycles. The molecule has 0 aliphatic heterocycles. The van der Waals surface area contributed by atoms with Gasteiger partial charge in [0.25, 0.3) is 0 Å². The van der Waals surface area contributed by atoms with E-state index in [0.717, 1.165) is 24.0 Å². The van der Waals surface area contributed by atoms with E-state index in [4.69, 9.17) is 5.11 Å². The number of aryl methyl sites for hydroxylation is 1. The van der Waals surface area contributed by atoms with Crippen molar-refractivity contribution < 1.29 is 9.90 Å². The smallest absolute Gasteiger partial charge is 0.313 e. The second-order valence-corrected chi connectivity index (χ2v) is 5.06. The second-order valence-electron chi connectivity index (χ2n) is 4.12. The number of thioether (sulfide) groups is 1. The molecular formula is C11H16N2O2S. The largest absolute Gasteiger partial charge is 0.481 e. The van der Waals surface area contributed by atoms with Gasteiger partial charge in [-0.1, -0.05) is 18.7 Å². The summed E-state index contributed by atoms with van der Waals surface area (Å²) in [6.45, 7) is 3.11. The number of carbonyl (C=O) groups is 1. The molecule has 88 valence electrons. The Morgan fingerprint density at radius 1 is 1.69 bits per heavy atom. The lowest BCUT2D eigenvalue weighted by molar-refractivity contribution is -0.133. The number of aliphatic carboxylic acids is 1. The number of aromatic nitrogens is 2. The molecule has 0 amide bonds. The van der Waals surface area contributed by atoms with E-state index in [9.17, 15) is 4.79 Å². The topological polar surface area (TPSA) is 55.1 Å². The van der Waals surface area contributed by atoms with Crippen molar-refractivity contribution in [2.24, 2.45) is 5.92 Å². The standard InChI is InChI=1S/C11H16N2O2S/c1-2-9-5-12-11(16-7-10(14)15)13(9)6-8-3-4-8/h5,8H,2-4,6-7H2,1H3,(H,14,15). The Labute approximate surface area is 99.1 Å². The summed E-state index contributed by atoms with van der Waals surface area (Å²) in [7, 11) is 0. The summed E-state index contributed by atoms with van der Waals surface area (Å²) in [5, 5.41) is 9.52. The fourth-order valence-electron chi connectivity index (χ4n) is 1.67. The summed E-state index contributed by atoms with van der Waals surface area (Å²) in [5.74, 6) is 0.0814. The summed E-state index contributed by atoms with van der Waals surface area (Å²) < 4.78 is 2.19. The first-order valence-electron chi connectivity index (χ1n) is 5.59. The summed E-state index contributed by atoms with van der Waals surface area (Å²) in [6, 6.07) is 0. The van der Waals surface area contributed by atoms with Crippen LogP contribution < -0.4 is 0 Å². The van der Waals surface area contributed by atoms with Crippen LogP contribution >= 0.6 is 11.8 Å². The summed E-state index contributed by atoms with van der Waals surface area (Å²) in [6.07, 6.45) is 5.41. The molecule has 1 fully saturated rings. The van der Waals surface area contributed by atoms with Crippen molar-refractivity contribution in [1.29, 1.82) is 0 Å². The minimum Gasteiger partial charge on any atom is -0.481 e. The van der Waals surface area contributed by atoms with Crippen molar-refractivity contribution in [1.82, 2.24) is 9.55 Å². The third kappa shape index (κ3) is 2.78. The number of carboxylic acids is 1. The molecular weight excluding hydrogens is 224 g/mol. The normalized spacial score (nSPS) is 15.3. The maximum Gasteiger partial charge on any atom is 0.313 e. The van der Waals surface area contributed by atoms with Crippen LogP contribution in [0.25, 0.3) is 0 Å². The summed E-state index contributed by atoms with van der Waals surface area (Å²) >= 11 is 1.31. The first-order chi connectivity index (χ1) is 7.70. The minimum atomic E-state index is -0.788. The van der Waals surface area contributed by atoms with Crippen molar-refractivity contribution >= 4 is 17.7 Å². The Bertz CT molecular complexity index is 385. The number of imidazole rings is 1. The molecule has 0 atom stereocenters. The zero-order chi connectivity index (χ0) is 11.5. The van der Waals surface area contributed by atoms with Crippen molar-refractivity contribution in [2.75, 3.05) is 5.75 Å². The molecule has 1 aliphatic rings. The Morgan fingerprint density at radius 2 is 2.44 bits per heavy atom. The Hall–Kier alpha value is -0.970. The number of hydrogen-bond acceptors (Lipinski definition) is 3. The number of rotatable bonds is 6. The molecule has 1 aliphatic carbocycles. The fraction of sp³-hybridized carbons (Fsp3) is 0.636. The van der Waals surface area contributed by atoms with Crippen LogP contribution in [-0.4, -0.2) is 26.4 Å². The van der Waals surface area contributed by atoms with Gasteiger partial charge in [-0.2, -0.15) is 0 Å². The number of hydrogen-bond donors (Lipinski definition) is 1. The van der Waals surface area contributed by atoms with Gasteiger partial charge in [0.05, 0.1) is 5.75 Å². The Kier molecular flexibility index (Phi) is 3.53. The van der Waals surface area contributed by atoms with Crippen molar-refractivity contribution in [3.63, 3.8) is 0 Å². The van der Waals surface area contributed by atoms with Gasteiger partial charge in [-0.15, -0.1) is 0 Å². The molecule has 1 saturated carbocycles. The van der Waals surface area contributed by atoms with E-state index in [1.54, 1.807) is 0 Å². The van der Waals surface area contributed by atoms with Gasteiger partial charge in [0.1, 0.15) is 0 Å². The van der Waals surface area contributed by atoms with Gasteiger partial charge in [0.2, 0.25) is 0 Å². The highest BCUT2D eigenvalue weighted by atomic mass is 32.2. The van der Waals surface area contributed by atoms with Crippen LogP contribution in [-0.2, 0) is 17.8 Å². The van der Waals surface area contributed by atoms with Crippen LogP contribution in [0.5, 0.6) is 0 Å². The van der Waals surface area contributed by atoms with E-state index in [1.807, 2.05) is 6.20 Å². The van der Waals surface area contributed by atoms with E-state index < -0.39 is 5.97 Å². The highest BCUT2D eigenvalue weighted by Crippen LogP contribution is 2.32. The lowest BCUT2D eigenvalue weighted by Crippen LogP contribution is -2.07. The van der Waals surface area contributed by atoms with Crippen LogP contribution in [0.1, 0.15) is 25.5 Å². The van der Waals surface area contributed by atoms with Crippen LogP contribution in [0.4, 0.5) is 0 Å². The third-order valence-electron chi connectivity index (χ3n) is 2.73. The van der Waals surface area contributed by atoms with E-state index in [2.05, 4.69) is 16.5 Å². The van der Waals surface area contributed by atoms with Gasteiger partial charge < -0.3 is 9.67 Å². The molecule has 2 rings (SSSR count). The maximum atomic E-state index is 10.5. The predicted molar refractivity (Wildman–Crippen MR) is 62.7 cm³/mol. The van der Waals surface area contributed by atoms with Crippen molar-refractivity contribution in [3.05, 3.63) is 11.9 Å². The molecule has 0 saturated heterocycles. The van der Waals surface area contributed by atoms with Gasteiger partial charge in [-0.25, -0.2) is 4.98 Å². The van der Waals surface area contributed by atoms with Gasteiger partial charge in [-0.3, -0.25) is 4.79 Å². The molecule has 1 aromatic rings. The highest BCUT2D eigenvalue weighted by Gasteiger charge is 2.24. The Morgan fingerprint density at radius 3 is 3.00 bits per heavy atom. The van der Waals surface area contributed by atoms with Gasteiger partial charge in [-0.05, 0) is 25.2 Å². The zero-order valence-corrected chi connectivity index (χ0v) is 10.2. The molecule has 0 radical (unpaired) electrons. The number of nitrogens with zero attached hydrogens (tertiary/aromatic N) is 2. The average Bonchev–Trinajstić information content (AvgIpc) is 2.96. The molecule has 0 unspecified atom stereocenters. The molecule has 0 aromatic carbocycles. The first-order valence-corrected chi connectivity index (χ1v) is 6.58. The maximum absolute atomic E-state index is 10.5. The second kappa shape index (κ2) is 4.91. The van der Waals surface area contributed by atoms with Crippen molar-refractivity contribution in [3.8, 4) is 0 Å². The minimum absolute atomic E-state index is 0.0881. The predicted octanol–water partition coefficient (Wildman–Crippen LogP) is 2.03. The van der Waals surface area contributed by atoms with Crippen LogP contribution in [0.15, 0.2) is 11.4 Å². The monoisotopic (exact) mass is 240 g/mol. The van der Waals surface area contributed by atoms with E-state index in [-0.39, 0.29) is 5.75 Å². The van der Waals surface area contributed by atoms with Gasteiger partial charge in [0, 0.05) is 18.4 Å². The van der Waals surface area contributed by atoms with Gasteiger partial charge in [0.15, 0.2) is 5.16 Å². The zero-order valence-electron chi connectivity index (χ0n) is 9.35. The quantitative estimate of drug-likeness (QED) is 0.773. The number of carboxylic acid groups (broad SMARTS) is 1. The molecule has 1 N–H and O–H groups in total. The van der Waals surface area contributed by atoms with Crippen LogP contribution in [0, 0.1) is 5.92 Å². The van der Waals surface area contributed by atoms with Crippen LogP contribution in [0.2, 0.25) is 0 Å². The first kappa shape index (κ1) is 11.5. The SMILES string of the molecule is CCc1cnc(SCC(=O)O)n1CC1CC1. The average molecular weight is 240 g/mol. The third-order valence-corrected chi connectivity index (χ3v) is 3.70. The highest BCUT2D eigenvalue weighted by molar-refractivity contribution is 7.99. The summed E-state index contributed by atoms with van der Waals surface area (Å²) in [4.78, 5) is 14.8. The summed E-state index contributed by atoms with van der Waals surface area (Å²) in [5.41, 5.74) is 1.21. The van der Waals surface area contributed by atoms with Gasteiger partial charge >= 0.3 is 5.97 Å². The lowest BCUT2D eigenvalue weighted by Gasteiger charge is -2.09.